The number of carbonyl (C=O) groups excluding carboxylic acids is 1. The number of rotatable bonds is 3. The number of hydrogen-bond acceptors (Lipinski definition) is 4. The maximum Gasteiger partial charge on any atom is 0.261 e. The molecule has 1 N–H and O–H groups in total. The predicted octanol–water partition coefficient (Wildman–Crippen LogP) is 2.54. The SMILES string of the molecule is CCn1nc(C)c(C(=O)Nc2nc(C)cs2)c1C. The van der Waals surface area contributed by atoms with Crippen LogP contribution in [-0.4, -0.2) is 20.7 Å². The molecule has 0 aromatic carbocycles. The highest BCUT2D eigenvalue weighted by Gasteiger charge is 2.18. The van der Waals surface area contributed by atoms with Gasteiger partial charge in [0.2, 0.25) is 0 Å². The lowest BCUT2D eigenvalue weighted by molar-refractivity contribution is 0.102. The molecule has 0 aliphatic carbocycles. The standard InChI is InChI=1S/C12H16N4OS/c1-5-16-9(4)10(8(3)15-16)11(17)14-12-13-7(2)6-18-12/h6H,5H2,1-4H3,(H,13,14,17). The van der Waals surface area contributed by atoms with E-state index in [2.05, 4.69) is 15.4 Å². The van der Waals surface area contributed by atoms with Crippen molar-refractivity contribution in [3.63, 3.8) is 0 Å². The molecule has 0 saturated heterocycles. The minimum atomic E-state index is -0.140. The molecular formula is C12H16N4OS. The van der Waals surface area contributed by atoms with E-state index in [4.69, 9.17) is 0 Å². The van der Waals surface area contributed by atoms with Crippen molar-refractivity contribution in [2.24, 2.45) is 0 Å². The first kappa shape index (κ1) is 12.8. The molecule has 0 radical (unpaired) electrons. The molecule has 2 aromatic rings. The van der Waals surface area contributed by atoms with Crippen molar-refractivity contribution in [2.75, 3.05) is 5.32 Å². The summed E-state index contributed by atoms with van der Waals surface area (Å²) in [5.41, 5.74) is 3.19. The minimum Gasteiger partial charge on any atom is -0.298 e. The summed E-state index contributed by atoms with van der Waals surface area (Å²) in [5, 5.41) is 9.68. The van der Waals surface area contributed by atoms with E-state index in [1.807, 2.05) is 37.8 Å². The number of aromatic nitrogens is 3. The van der Waals surface area contributed by atoms with Gasteiger partial charge in [-0.1, -0.05) is 0 Å². The van der Waals surface area contributed by atoms with Gasteiger partial charge in [0.1, 0.15) is 0 Å². The lowest BCUT2D eigenvalue weighted by Gasteiger charge is -2.02. The van der Waals surface area contributed by atoms with Crippen LogP contribution in [0, 0.1) is 20.8 Å². The first-order chi connectivity index (χ1) is 8.52. The van der Waals surface area contributed by atoms with Gasteiger partial charge < -0.3 is 0 Å². The third kappa shape index (κ3) is 2.28. The Bertz CT molecular complexity index is 585. The Morgan fingerprint density at radius 1 is 1.44 bits per heavy atom. The molecule has 5 nitrogen and oxygen atoms in total. The Balaban J connectivity index is 2.26. The summed E-state index contributed by atoms with van der Waals surface area (Å²) < 4.78 is 1.83. The lowest BCUT2D eigenvalue weighted by atomic mass is 10.2. The second kappa shape index (κ2) is 4.89. The van der Waals surface area contributed by atoms with Crippen molar-refractivity contribution in [3.8, 4) is 0 Å². The smallest absolute Gasteiger partial charge is 0.261 e. The van der Waals surface area contributed by atoms with Crippen molar-refractivity contribution in [2.45, 2.75) is 34.2 Å². The van der Waals surface area contributed by atoms with Crippen LogP contribution in [-0.2, 0) is 6.54 Å². The molecule has 0 saturated carbocycles. The van der Waals surface area contributed by atoms with Crippen LogP contribution in [0.25, 0.3) is 0 Å². The van der Waals surface area contributed by atoms with Gasteiger partial charge in [0, 0.05) is 17.6 Å². The van der Waals surface area contributed by atoms with E-state index in [0.29, 0.717) is 10.7 Å². The van der Waals surface area contributed by atoms with Crippen molar-refractivity contribution in [1.29, 1.82) is 0 Å². The maximum atomic E-state index is 12.2. The summed E-state index contributed by atoms with van der Waals surface area (Å²) in [6.45, 7) is 8.42. The highest BCUT2D eigenvalue weighted by molar-refractivity contribution is 7.13. The van der Waals surface area contributed by atoms with Crippen LogP contribution in [0.4, 0.5) is 5.13 Å². The van der Waals surface area contributed by atoms with E-state index in [1.165, 1.54) is 11.3 Å². The number of nitrogens with zero attached hydrogens (tertiary/aromatic N) is 3. The van der Waals surface area contributed by atoms with Crippen molar-refractivity contribution >= 4 is 22.4 Å². The number of aryl methyl sites for hydroxylation is 3. The third-order valence-electron chi connectivity index (χ3n) is 2.75. The summed E-state index contributed by atoms with van der Waals surface area (Å²) >= 11 is 1.43. The zero-order valence-electron chi connectivity index (χ0n) is 10.9. The van der Waals surface area contributed by atoms with Crippen LogP contribution < -0.4 is 5.32 Å². The van der Waals surface area contributed by atoms with Gasteiger partial charge in [-0.05, 0) is 27.7 Å². The van der Waals surface area contributed by atoms with Crippen molar-refractivity contribution in [3.05, 3.63) is 28.0 Å². The van der Waals surface area contributed by atoms with E-state index < -0.39 is 0 Å². The topological polar surface area (TPSA) is 59.8 Å². The summed E-state index contributed by atoms with van der Waals surface area (Å²) in [6, 6.07) is 0. The fourth-order valence-electron chi connectivity index (χ4n) is 1.90. The van der Waals surface area contributed by atoms with Gasteiger partial charge in [0.05, 0.1) is 17.0 Å². The third-order valence-corrected chi connectivity index (χ3v) is 3.62. The zero-order chi connectivity index (χ0) is 13.3. The Kier molecular flexibility index (Phi) is 3.47. The first-order valence-corrected chi connectivity index (χ1v) is 6.68. The van der Waals surface area contributed by atoms with E-state index in [1.54, 1.807) is 0 Å². The number of thiazole rings is 1. The number of anilines is 1. The summed E-state index contributed by atoms with van der Waals surface area (Å²) in [5.74, 6) is -0.140. The Labute approximate surface area is 110 Å². The van der Waals surface area contributed by atoms with Gasteiger partial charge >= 0.3 is 0 Å². The van der Waals surface area contributed by atoms with E-state index in [9.17, 15) is 4.79 Å². The molecule has 0 fully saturated rings. The number of hydrogen-bond donors (Lipinski definition) is 1. The van der Waals surface area contributed by atoms with Gasteiger partial charge in [-0.2, -0.15) is 5.10 Å². The molecule has 2 rings (SSSR count). The highest BCUT2D eigenvalue weighted by Crippen LogP contribution is 2.18. The molecule has 0 bridgehead atoms. The van der Waals surface area contributed by atoms with Gasteiger partial charge in [0.25, 0.3) is 5.91 Å². The lowest BCUT2D eigenvalue weighted by Crippen LogP contribution is -2.14. The van der Waals surface area contributed by atoms with Crippen LogP contribution in [0.5, 0.6) is 0 Å². The second-order valence-electron chi connectivity index (χ2n) is 4.11. The predicted molar refractivity (Wildman–Crippen MR) is 72.2 cm³/mol. The molecule has 2 heterocycles. The Morgan fingerprint density at radius 3 is 2.67 bits per heavy atom. The van der Waals surface area contributed by atoms with Crippen LogP contribution in [0.2, 0.25) is 0 Å². The van der Waals surface area contributed by atoms with E-state index in [0.717, 1.165) is 23.6 Å². The number of amides is 1. The molecule has 0 aliphatic rings. The average Bonchev–Trinajstić information content (AvgIpc) is 2.83. The van der Waals surface area contributed by atoms with Gasteiger partial charge in [0.15, 0.2) is 5.13 Å². The molecule has 0 unspecified atom stereocenters. The van der Waals surface area contributed by atoms with Crippen LogP contribution >= 0.6 is 11.3 Å². The van der Waals surface area contributed by atoms with Crippen molar-refractivity contribution in [1.82, 2.24) is 14.8 Å². The van der Waals surface area contributed by atoms with E-state index in [-0.39, 0.29) is 5.91 Å². The largest absolute Gasteiger partial charge is 0.298 e. The number of carbonyl (C=O) groups is 1. The average molecular weight is 264 g/mol. The monoisotopic (exact) mass is 264 g/mol. The Hall–Kier alpha value is -1.69. The zero-order valence-corrected chi connectivity index (χ0v) is 11.8. The molecule has 0 aliphatic heterocycles. The molecule has 0 atom stereocenters. The molecule has 0 spiro atoms. The van der Waals surface area contributed by atoms with Gasteiger partial charge in [-0.25, -0.2) is 4.98 Å². The summed E-state index contributed by atoms with van der Waals surface area (Å²) in [6.07, 6.45) is 0. The molecule has 2 aromatic heterocycles. The van der Waals surface area contributed by atoms with Gasteiger partial charge in [-0.3, -0.25) is 14.8 Å². The fraction of sp³-hybridized carbons (Fsp3) is 0.417. The van der Waals surface area contributed by atoms with Crippen LogP contribution in [0.1, 0.15) is 34.4 Å². The quantitative estimate of drug-likeness (QED) is 0.926. The molecule has 96 valence electrons. The molecule has 1 amide bonds. The summed E-state index contributed by atoms with van der Waals surface area (Å²) in [7, 11) is 0. The maximum absolute atomic E-state index is 12.2. The second-order valence-corrected chi connectivity index (χ2v) is 4.97. The van der Waals surface area contributed by atoms with Crippen molar-refractivity contribution < 1.29 is 4.79 Å². The highest BCUT2D eigenvalue weighted by atomic mass is 32.1. The summed E-state index contributed by atoms with van der Waals surface area (Å²) in [4.78, 5) is 16.4. The van der Waals surface area contributed by atoms with Crippen LogP contribution in [0.3, 0.4) is 0 Å². The minimum absolute atomic E-state index is 0.140. The fourth-order valence-corrected chi connectivity index (χ4v) is 2.59. The van der Waals surface area contributed by atoms with Gasteiger partial charge in [-0.15, -0.1) is 11.3 Å². The first-order valence-electron chi connectivity index (χ1n) is 5.80. The van der Waals surface area contributed by atoms with E-state index >= 15 is 0 Å². The van der Waals surface area contributed by atoms with Crippen LogP contribution in [0.15, 0.2) is 5.38 Å². The molecule has 6 heteroatoms. The molecule has 18 heavy (non-hydrogen) atoms. The Morgan fingerprint density at radius 2 is 2.17 bits per heavy atom. The number of nitrogens with one attached hydrogen (secondary N) is 1. The molecular weight excluding hydrogens is 248 g/mol. The normalized spacial score (nSPS) is 10.7.